The molecule has 1 unspecified atom stereocenters. The normalized spacial score (nSPS) is 26.1. The Morgan fingerprint density at radius 3 is 2.73 bits per heavy atom. The van der Waals surface area contributed by atoms with Gasteiger partial charge in [-0.25, -0.2) is 0 Å². The average molecular weight is 205 g/mol. The number of rotatable bonds is 2. The molecule has 0 spiro atoms. The fourth-order valence-electron chi connectivity index (χ4n) is 2.62. The van der Waals surface area contributed by atoms with Crippen LogP contribution in [0, 0.1) is 5.92 Å². The third kappa shape index (κ3) is 1.74. The molecule has 0 saturated carbocycles. The van der Waals surface area contributed by atoms with Gasteiger partial charge in [0.05, 0.1) is 0 Å². The number of phenols is 1. The van der Waals surface area contributed by atoms with Gasteiger partial charge in [0, 0.05) is 5.54 Å². The molecule has 1 fully saturated rings. The Morgan fingerprint density at radius 2 is 2.20 bits per heavy atom. The Hall–Kier alpha value is -1.02. The van der Waals surface area contributed by atoms with Crippen molar-refractivity contribution >= 4 is 0 Å². The molecular formula is C13H19NO. The molecule has 1 aromatic carbocycles. The quantitative estimate of drug-likeness (QED) is 0.778. The Labute approximate surface area is 91.3 Å². The third-order valence-corrected chi connectivity index (χ3v) is 3.54. The minimum absolute atomic E-state index is 0.0682. The first-order chi connectivity index (χ1) is 7.15. The zero-order valence-corrected chi connectivity index (χ0v) is 9.46. The molecule has 0 radical (unpaired) electrons. The van der Waals surface area contributed by atoms with Crippen molar-refractivity contribution in [3.63, 3.8) is 0 Å². The molecule has 2 heteroatoms. The SMILES string of the molecule is CC(C)C1(c2cccc(O)c2)CCCN1. The van der Waals surface area contributed by atoms with Gasteiger partial charge in [0.15, 0.2) is 0 Å². The van der Waals surface area contributed by atoms with Crippen LogP contribution >= 0.6 is 0 Å². The average Bonchev–Trinajstić information content (AvgIpc) is 2.67. The molecule has 1 saturated heterocycles. The topological polar surface area (TPSA) is 32.3 Å². The van der Waals surface area contributed by atoms with Gasteiger partial charge in [0.1, 0.15) is 5.75 Å². The molecule has 0 bridgehead atoms. The van der Waals surface area contributed by atoms with Gasteiger partial charge in [-0.1, -0.05) is 26.0 Å². The minimum atomic E-state index is 0.0682. The van der Waals surface area contributed by atoms with Crippen molar-refractivity contribution in [3.8, 4) is 5.75 Å². The van der Waals surface area contributed by atoms with E-state index in [0.29, 0.717) is 11.7 Å². The van der Waals surface area contributed by atoms with Crippen molar-refractivity contribution in [2.45, 2.75) is 32.2 Å². The van der Waals surface area contributed by atoms with Gasteiger partial charge in [0.25, 0.3) is 0 Å². The lowest BCUT2D eigenvalue weighted by Crippen LogP contribution is -2.41. The molecule has 1 aliphatic heterocycles. The second-order valence-electron chi connectivity index (χ2n) is 4.71. The molecule has 2 nitrogen and oxygen atoms in total. The van der Waals surface area contributed by atoms with Crippen LogP contribution < -0.4 is 5.32 Å². The summed E-state index contributed by atoms with van der Waals surface area (Å²) >= 11 is 0. The van der Waals surface area contributed by atoms with E-state index >= 15 is 0 Å². The van der Waals surface area contributed by atoms with Crippen LogP contribution in [0.15, 0.2) is 24.3 Å². The van der Waals surface area contributed by atoms with E-state index in [2.05, 4.69) is 25.2 Å². The predicted octanol–water partition coefficient (Wildman–Crippen LogP) is 2.63. The molecule has 0 amide bonds. The van der Waals surface area contributed by atoms with Crippen molar-refractivity contribution < 1.29 is 5.11 Å². The first-order valence-corrected chi connectivity index (χ1v) is 5.70. The van der Waals surface area contributed by atoms with Crippen molar-refractivity contribution in [1.82, 2.24) is 5.32 Å². The maximum atomic E-state index is 9.54. The van der Waals surface area contributed by atoms with E-state index in [9.17, 15) is 5.11 Å². The van der Waals surface area contributed by atoms with Gasteiger partial charge in [0.2, 0.25) is 0 Å². The summed E-state index contributed by atoms with van der Waals surface area (Å²) in [6.07, 6.45) is 2.38. The van der Waals surface area contributed by atoms with Gasteiger partial charge >= 0.3 is 0 Å². The van der Waals surface area contributed by atoms with E-state index in [-0.39, 0.29) is 5.54 Å². The monoisotopic (exact) mass is 205 g/mol. The van der Waals surface area contributed by atoms with Crippen LogP contribution in [0.25, 0.3) is 0 Å². The van der Waals surface area contributed by atoms with Crippen molar-refractivity contribution in [2.75, 3.05) is 6.54 Å². The van der Waals surface area contributed by atoms with Crippen LogP contribution in [0.5, 0.6) is 5.75 Å². The van der Waals surface area contributed by atoms with E-state index in [0.717, 1.165) is 13.0 Å². The Kier molecular flexibility index (Phi) is 2.70. The maximum absolute atomic E-state index is 9.54. The highest BCUT2D eigenvalue weighted by Gasteiger charge is 2.38. The zero-order valence-electron chi connectivity index (χ0n) is 9.46. The smallest absolute Gasteiger partial charge is 0.115 e. The van der Waals surface area contributed by atoms with Gasteiger partial charge in [-0.05, 0) is 43.0 Å². The number of aromatic hydroxyl groups is 1. The highest BCUT2D eigenvalue weighted by atomic mass is 16.3. The van der Waals surface area contributed by atoms with E-state index in [1.807, 2.05) is 12.1 Å². The summed E-state index contributed by atoms with van der Waals surface area (Å²) in [7, 11) is 0. The summed E-state index contributed by atoms with van der Waals surface area (Å²) in [4.78, 5) is 0. The number of hydrogen-bond donors (Lipinski definition) is 2. The Balaban J connectivity index is 2.41. The number of hydrogen-bond acceptors (Lipinski definition) is 2. The van der Waals surface area contributed by atoms with Crippen molar-refractivity contribution in [1.29, 1.82) is 0 Å². The van der Waals surface area contributed by atoms with Crippen molar-refractivity contribution in [2.24, 2.45) is 5.92 Å². The van der Waals surface area contributed by atoms with Crippen molar-refractivity contribution in [3.05, 3.63) is 29.8 Å². The van der Waals surface area contributed by atoms with Crippen LogP contribution in [0.1, 0.15) is 32.3 Å². The Morgan fingerprint density at radius 1 is 1.40 bits per heavy atom. The van der Waals surface area contributed by atoms with E-state index in [1.165, 1.54) is 12.0 Å². The molecule has 82 valence electrons. The summed E-state index contributed by atoms with van der Waals surface area (Å²) < 4.78 is 0. The lowest BCUT2D eigenvalue weighted by Gasteiger charge is -2.34. The molecule has 0 aromatic heterocycles. The summed E-state index contributed by atoms with van der Waals surface area (Å²) in [6.45, 7) is 5.55. The van der Waals surface area contributed by atoms with Gasteiger partial charge in [-0.3, -0.25) is 0 Å². The fourth-order valence-corrected chi connectivity index (χ4v) is 2.62. The van der Waals surface area contributed by atoms with Crippen LogP contribution in [-0.2, 0) is 5.54 Å². The van der Waals surface area contributed by atoms with Crippen LogP contribution in [0.4, 0.5) is 0 Å². The van der Waals surface area contributed by atoms with Gasteiger partial charge in [-0.15, -0.1) is 0 Å². The molecule has 1 heterocycles. The standard InChI is InChI=1S/C13H19NO/c1-10(2)13(7-4-8-14-13)11-5-3-6-12(15)9-11/h3,5-6,9-10,14-15H,4,7-8H2,1-2H3. The lowest BCUT2D eigenvalue weighted by atomic mass is 9.79. The number of nitrogens with one attached hydrogen (secondary N) is 1. The summed E-state index contributed by atoms with van der Waals surface area (Å²) in [5.41, 5.74) is 1.29. The molecule has 1 atom stereocenters. The highest BCUT2D eigenvalue weighted by Crippen LogP contribution is 2.38. The molecule has 1 aliphatic rings. The van der Waals surface area contributed by atoms with Crippen LogP contribution in [-0.4, -0.2) is 11.7 Å². The molecular weight excluding hydrogens is 186 g/mol. The summed E-state index contributed by atoms with van der Waals surface area (Å²) in [5.74, 6) is 0.906. The van der Waals surface area contributed by atoms with E-state index < -0.39 is 0 Å². The van der Waals surface area contributed by atoms with Gasteiger partial charge < -0.3 is 10.4 Å². The molecule has 0 aliphatic carbocycles. The number of phenolic OH excluding ortho intramolecular Hbond substituents is 1. The highest BCUT2D eigenvalue weighted by molar-refractivity contribution is 5.33. The second kappa shape index (κ2) is 3.86. The Bertz CT molecular complexity index is 340. The lowest BCUT2D eigenvalue weighted by molar-refractivity contribution is 0.276. The van der Waals surface area contributed by atoms with E-state index in [1.54, 1.807) is 6.07 Å². The third-order valence-electron chi connectivity index (χ3n) is 3.54. The largest absolute Gasteiger partial charge is 0.508 e. The summed E-state index contributed by atoms with van der Waals surface area (Å²) in [5, 5.41) is 13.1. The van der Waals surface area contributed by atoms with Crippen LogP contribution in [0.2, 0.25) is 0 Å². The molecule has 15 heavy (non-hydrogen) atoms. The van der Waals surface area contributed by atoms with E-state index in [4.69, 9.17) is 0 Å². The summed E-state index contributed by atoms with van der Waals surface area (Å²) in [6, 6.07) is 7.65. The van der Waals surface area contributed by atoms with Crippen LogP contribution in [0.3, 0.4) is 0 Å². The van der Waals surface area contributed by atoms with Gasteiger partial charge in [-0.2, -0.15) is 0 Å². The number of benzene rings is 1. The second-order valence-corrected chi connectivity index (χ2v) is 4.71. The maximum Gasteiger partial charge on any atom is 0.115 e. The zero-order chi connectivity index (χ0) is 10.9. The molecule has 1 aromatic rings. The first-order valence-electron chi connectivity index (χ1n) is 5.70. The minimum Gasteiger partial charge on any atom is -0.508 e. The molecule has 2 N–H and O–H groups in total. The fraction of sp³-hybridized carbons (Fsp3) is 0.538. The predicted molar refractivity (Wildman–Crippen MR) is 61.9 cm³/mol. The first kappa shape index (κ1) is 10.5. The molecule has 2 rings (SSSR count).